The number of benzene rings is 9. The molecular weight excluding hydrogens is 765 g/mol. The van der Waals surface area contributed by atoms with E-state index in [4.69, 9.17) is 4.42 Å². The maximum atomic E-state index is 6.59. The quantitative estimate of drug-likeness (QED) is 0.160. The van der Waals surface area contributed by atoms with Gasteiger partial charge in [-0.15, -0.1) is 0 Å². The topological polar surface area (TPSA) is 19.6 Å². The Balaban J connectivity index is 1.24. The van der Waals surface area contributed by atoms with Crippen LogP contribution < -0.4 is 9.80 Å². The predicted molar refractivity (Wildman–Crippen MR) is 265 cm³/mol. The number of fused-ring (bicyclic) bond motifs is 5. The number of hydrogen-bond donors (Lipinski definition) is 0. The molecule has 0 atom stereocenters. The molecule has 9 aromatic carbocycles. The van der Waals surface area contributed by atoms with Crippen molar-refractivity contribution in [2.45, 2.75) is 26.2 Å². The molecular formula is C60H46N2O. The minimum atomic E-state index is -0.0504. The first-order chi connectivity index (χ1) is 30.9. The summed E-state index contributed by atoms with van der Waals surface area (Å²) in [7, 11) is 0. The second-order valence-corrected chi connectivity index (χ2v) is 17.3. The average Bonchev–Trinajstić information content (AvgIpc) is 3.70. The number of furan rings is 1. The smallest absolute Gasteiger partial charge is 0.137 e. The number of rotatable bonds is 7. The second-order valence-electron chi connectivity index (χ2n) is 17.3. The lowest BCUT2D eigenvalue weighted by Gasteiger charge is -2.37. The minimum Gasteiger partial charge on any atom is -0.456 e. The van der Waals surface area contributed by atoms with E-state index in [1.807, 2.05) is 6.07 Å². The van der Waals surface area contributed by atoms with E-state index in [2.05, 4.69) is 249 Å². The first-order valence-corrected chi connectivity index (χ1v) is 21.8. The molecule has 1 aliphatic heterocycles. The molecule has 3 heteroatoms. The van der Waals surface area contributed by atoms with Crippen molar-refractivity contribution in [3.05, 3.63) is 252 Å². The van der Waals surface area contributed by atoms with Crippen LogP contribution in [0.3, 0.4) is 0 Å². The Morgan fingerprint density at radius 2 is 1.02 bits per heavy atom. The Kier molecular flexibility index (Phi) is 9.39. The molecule has 1 aromatic heterocycles. The van der Waals surface area contributed by atoms with Gasteiger partial charge in [0.1, 0.15) is 11.2 Å². The van der Waals surface area contributed by atoms with Crippen molar-refractivity contribution in [3.63, 3.8) is 0 Å². The van der Waals surface area contributed by atoms with Crippen LogP contribution in [0.25, 0.3) is 44.2 Å². The first-order valence-electron chi connectivity index (χ1n) is 21.8. The van der Waals surface area contributed by atoms with Gasteiger partial charge in [0.25, 0.3) is 0 Å². The van der Waals surface area contributed by atoms with Crippen molar-refractivity contribution in [1.29, 1.82) is 0 Å². The standard InChI is InChI=1S/C60H46N2O/c1-60(2,3)44-32-36-54(51(38-44)41-20-8-4-9-21-41)61(47-33-35-49-48-28-17-19-31-56(48)63-57(49)40-47)46-34-37-55-52(39-46)59(58(42-22-10-5-11-23-42)43-24-12-6-13-25-43)50-29-16-18-30-53(50)62(55)45-26-14-7-15-27-45/h4-40H,1-3H3. The summed E-state index contributed by atoms with van der Waals surface area (Å²) in [5.41, 5.74) is 18.8. The van der Waals surface area contributed by atoms with Crippen LogP contribution in [-0.2, 0) is 5.41 Å². The molecule has 63 heavy (non-hydrogen) atoms. The molecule has 0 amide bonds. The Bertz CT molecular complexity index is 3260. The highest BCUT2D eigenvalue weighted by Gasteiger charge is 2.32. The summed E-state index contributed by atoms with van der Waals surface area (Å²) in [5.74, 6) is 0. The molecule has 302 valence electrons. The van der Waals surface area contributed by atoms with Crippen molar-refractivity contribution in [1.82, 2.24) is 0 Å². The van der Waals surface area contributed by atoms with E-state index in [0.717, 1.165) is 83.9 Å². The van der Waals surface area contributed by atoms with Crippen molar-refractivity contribution in [2.75, 3.05) is 9.80 Å². The van der Waals surface area contributed by atoms with Crippen LogP contribution in [0, 0.1) is 0 Å². The Morgan fingerprint density at radius 3 is 1.73 bits per heavy atom. The van der Waals surface area contributed by atoms with E-state index in [1.54, 1.807) is 0 Å². The van der Waals surface area contributed by atoms with E-state index >= 15 is 0 Å². The third-order valence-electron chi connectivity index (χ3n) is 12.4. The van der Waals surface area contributed by atoms with Gasteiger partial charge in [-0.25, -0.2) is 0 Å². The molecule has 0 N–H and O–H groups in total. The van der Waals surface area contributed by atoms with Gasteiger partial charge in [-0.1, -0.05) is 172 Å². The number of para-hydroxylation sites is 3. The van der Waals surface area contributed by atoms with Crippen molar-refractivity contribution < 1.29 is 4.42 Å². The van der Waals surface area contributed by atoms with E-state index in [9.17, 15) is 0 Å². The number of nitrogens with zero attached hydrogens (tertiary/aromatic N) is 2. The van der Waals surface area contributed by atoms with E-state index in [1.165, 1.54) is 22.3 Å². The molecule has 0 unspecified atom stereocenters. The van der Waals surface area contributed by atoms with Crippen LogP contribution in [0.1, 0.15) is 48.6 Å². The molecule has 0 spiro atoms. The van der Waals surface area contributed by atoms with Gasteiger partial charge < -0.3 is 14.2 Å². The first kappa shape index (κ1) is 38.1. The van der Waals surface area contributed by atoms with E-state index in [0.29, 0.717) is 0 Å². The highest BCUT2D eigenvalue weighted by Crippen LogP contribution is 2.54. The summed E-state index contributed by atoms with van der Waals surface area (Å²) in [6, 6.07) is 81.1. The Hall–Kier alpha value is -7.88. The minimum absolute atomic E-state index is 0.0504. The highest BCUT2D eigenvalue weighted by atomic mass is 16.3. The molecule has 0 saturated heterocycles. The van der Waals surface area contributed by atoms with Gasteiger partial charge in [0, 0.05) is 56.2 Å². The van der Waals surface area contributed by atoms with Crippen LogP contribution in [0.5, 0.6) is 0 Å². The SMILES string of the molecule is CC(C)(C)c1ccc(N(c2ccc3c(c2)C(=C(c2ccccc2)c2ccccc2)c2ccccc2N3c2ccccc2)c2ccc3c(c2)oc2ccccc23)c(-c2ccccc2)c1. The summed E-state index contributed by atoms with van der Waals surface area (Å²) in [6.07, 6.45) is 0. The molecule has 11 rings (SSSR count). The second kappa shape index (κ2) is 15.5. The zero-order chi connectivity index (χ0) is 42.5. The molecule has 2 heterocycles. The van der Waals surface area contributed by atoms with E-state index in [-0.39, 0.29) is 5.41 Å². The molecule has 0 bridgehead atoms. The zero-order valence-electron chi connectivity index (χ0n) is 35.7. The lowest BCUT2D eigenvalue weighted by atomic mass is 9.81. The average molecular weight is 811 g/mol. The number of hydrogen-bond acceptors (Lipinski definition) is 3. The fraction of sp³-hybridized carbons (Fsp3) is 0.0667. The fourth-order valence-corrected chi connectivity index (χ4v) is 9.33. The van der Waals surface area contributed by atoms with Crippen LogP contribution >= 0.6 is 0 Å². The van der Waals surface area contributed by atoms with Crippen molar-refractivity contribution >= 4 is 67.2 Å². The Morgan fingerprint density at radius 1 is 0.444 bits per heavy atom. The highest BCUT2D eigenvalue weighted by molar-refractivity contribution is 6.13. The van der Waals surface area contributed by atoms with Crippen LogP contribution in [0.2, 0.25) is 0 Å². The Labute approximate surface area is 369 Å². The van der Waals surface area contributed by atoms with Gasteiger partial charge in [-0.3, -0.25) is 0 Å². The van der Waals surface area contributed by atoms with Crippen LogP contribution in [0.4, 0.5) is 34.1 Å². The molecule has 0 saturated carbocycles. The fourth-order valence-electron chi connectivity index (χ4n) is 9.33. The molecule has 0 fully saturated rings. The van der Waals surface area contributed by atoms with Crippen molar-refractivity contribution in [3.8, 4) is 11.1 Å². The van der Waals surface area contributed by atoms with Crippen molar-refractivity contribution in [2.24, 2.45) is 0 Å². The summed E-state index contributed by atoms with van der Waals surface area (Å²) >= 11 is 0. The van der Waals surface area contributed by atoms with Gasteiger partial charge in [0.2, 0.25) is 0 Å². The molecule has 0 radical (unpaired) electrons. The molecule has 10 aromatic rings. The monoisotopic (exact) mass is 810 g/mol. The van der Waals surface area contributed by atoms with Gasteiger partial charge >= 0.3 is 0 Å². The molecule has 0 aliphatic carbocycles. The normalized spacial score (nSPS) is 12.3. The number of anilines is 6. The van der Waals surface area contributed by atoms with Crippen LogP contribution in [0.15, 0.2) is 229 Å². The van der Waals surface area contributed by atoms with E-state index < -0.39 is 0 Å². The summed E-state index contributed by atoms with van der Waals surface area (Å²) in [4.78, 5) is 4.85. The summed E-state index contributed by atoms with van der Waals surface area (Å²) in [6.45, 7) is 6.86. The third kappa shape index (κ3) is 6.79. The maximum Gasteiger partial charge on any atom is 0.137 e. The summed E-state index contributed by atoms with van der Waals surface area (Å²) in [5, 5.41) is 2.21. The van der Waals surface area contributed by atoms with Gasteiger partial charge in [0.15, 0.2) is 0 Å². The maximum absolute atomic E-state index is 6.59. The molecule has 3 nitrogen and oxygen atoms in total. The van der Waals surface area contributed by atoms with Gasteiger partial charge in [0.05, 0.1) is 17.1 Å². The predicted octanol–water partition coefficient (Wildman–Crippen LogP) is 16.8. The zero-order valence-corrected chi connectivity index (χ0v) is 35.7. The third-order valence-corrected chi connectivity index (χ3v) is 12.4. The van der Waals surface area contributed by atoms with Crippen LogP contribution in [-0.4, -0.2) is 0 Å². The van der Waals surface area contributed by atoms with Gasteiger partial charge in [-0.05, 0) is 100.0 Å². The summed E-state index contributed by atoms with van der Waals surface area (Å²) < 4.78 is 6.59. The lowest BCUT2D eigenvalue weighted by Crippen LogP contribution is -2.20. The largest absolute Gasteiger partial charge is 0.456 e. The van der Waals surface area contributed by atoms with Gasteiger partial charge in [-0.2, -0.15) is 0 Å². The lowest BCUT2D eigenvalue weighted by molar-refractivity contribution is 0.590. The molecule has 1 aliphatic rings.